The van der Waals surface area contributed by atoms with Crippen LogP contribution in [0.4, 0.5) is 11.4 Å². The van der Waals surface area contributed by atoms with Gasteiger partial charge in [0.1, 0.15) is 11.8 Å². The van der Waals surface area contributed by atoms with Gasteiger partial charge in [0, 0.05) is 5.69 Å². The lowest BCUT2D eigenvalue weighted by Gasteiger charge is -2.08. The van der Waals surface area contributed by atoms with Gasteiger partial charge >= 0.3 is 0 Å². The summed E-state index contributed by atoms with van der Waals surface area (Å²) in [4.78, 5) is 11.8. The maximum absolute atomic E-state index is 11.8. The largest absolute Gasteiger partial charge is 0.493 e. The predicted octanol–water partition coefficient (Wildman–Crippen LogP) is 2.55. The summed E-state index contributed by atoms with van der Waals surface area (Å²) in [5.41, 5.74) is 6.87. The van der Waals surface area contributed by atoms with E-state index in [0.717, 1.165) is 5.75 Å². The zero-order valence-electron chi connectivity index (χ0n) is 11.4. The summed E-state index contributed by atoms with van der Waals surface area (Å²) in [5.74, 6) is 0.503. The van der Waals surface area contributed by atoms with Crippen molar-refractivity contribution in [3.8, 4) is 11.8 Å². The number of benzene rings is 2. The molecule has 0 heterocycles. The number of nitrogens with one attached hydrogen (secondary N) is 1. The van der Waals surface area contributed by atoms with Crippen molar-refractivity contribution >= 4 is 17.3 Å². The molecule has 5 nitrogen and oxygen atoms in total. The number of carbonyl (C=O) groups is 1. The average Bonchev–Trinajstić information content (AvgIpc) is 2.50. The number of rotatable bonds is 5. The first-order valence-corrected chi connectivity index (χ1v) is 6.46. The van der Waals surface area contributed by atoms with Gasteiger partial charge in [-0.2, -0.15) is 5.26 Å². The molecular weight excluding hydrogens is 266 g/mol. The maximum atomic E-state index is 11.8. The summed E-state index contributed by atoms with van der Waals surface area (Å²) in [6.07, 6.45) is 0.199. The molecule has 0 saturated heterocycles. The summed E-state index contributed by atoms with van der Waals surface area (Å²) in [5, 5.41) is 11.7. The quantitative estimate of drug-likeness (QED) is 0.824. The monoisotopic (exact) mass is 281 g/mol. The number of nitrogens with two attached hydrogens (primary N) is 1. The van der Waals surface area contributed by atoms with Gasteiger partial charge < -0.3 is 15.8 Å². The van der Waals surface area contributed by atoms with E-state index in [1.807, 2.05) is 36.4 Å². The standard InChI is InChI=1S/C16H15N3O2/c17-11-12-10-13(18)6-7-15(12)19-16(20)8-9-21-14-4-2-1-3-5-14/h1-7,10H,8-9,18H2,(H,19,20). The Kier molecular flexibility index (Phi) is 4.78. The van der Waals surface area contributed by atoms with Crippen molar-refractivity contribution in [3.63, 3.8) is 0 Å². The Labute approximate surface area is 123 Å². The van der Waals surface area contributed by atoms with E-state index in [2.05, 4.69) is 5.32 Å². The van der Waals surface area contributed by atoms with E-state index < -0.39 is 0 Å². The highest BCUT2D eigenvalue weighted by Gasteiger charge is 2.07. The molecule has 2 rings (SSSR count). The number of ether oxygens (including phenoxy) is 1. The second-order valence-electron chi connectivity index (χ2n) is 4.38. The van der Waals surface area contributed by atoms with Gasteiger partial charge in [0.25, 0.3) is 0 Å². The molecule has 0 aliphatic rings. The second-order valence-corrected chi connectivity index (χ2v) is 4.38. The molecule has 0 saturated carbocycles. The van der Waals surface area contributed by atoms with E-state index in [1.165, 1.54) is 6.07 Å². The minimum atomic E-state index is -0.216. The zero-order valence-corrected chi connectivity index (χ0v) is 11.4. The van der Waals surface area contributed by atoms with Crippen molar-refractivity contribution in [1.82, 2.24) is 0 Å². The molecule has 3 N–H and O–H groups in total. The molecule has 0 unspecified atom stereocenters. The fourth-order valence-electron chi connectivity index (χ4n) is 1.75. The van der Waals surface area contributed by atoms with E-state index in [0.29, 0.717) is 16.9 Å². The van der Waals surface area contributed by atoms with Gasteiger partial charge in [0.15, 0.2) is 0 Å². The minimum Gasteiger partial charge on any atom is -0.493 e. The summed E-state index contributed by atoms with van der Waals surface area (Å²) in [6, 6.07) is 16.0. The average molecular weight is 281 g/mol. The number of nitrogen functional groups attached to an aromatic ring is 1. The number of hydrogen-bond acceptors (Lipinski definition) is 4. The molecule has 5 heteroatoms. The van der Waals surface area contributed by atoms with Crippen LogP contribution in [0.1, 0.15) is 12.0 Å². The lowest BCUT2D eigenvalue weighted by molar-refractivity contribution is -0.116. The Balaban J connectivity index is 1.86. The molecule has 0 fully saturated rings. The van der Waals surface area contributed by atoms with Crippen LogP contribution in [0.3, 0.4) is 0 Å². The number of carbonyl (C=O) groups excluding carboxylic acids is 1. The Hall–Kier alpha value is -3.00. The first-order valence-electron chi connectivity index (χ1n) is 6.46. The van der Waals surface area contributed by atoms with Crippen LogP contribution >= 0.6 is 0 Å². The van der Waals surface area contributed by atoms with Crippen molar-refractivity contribution in [2.24, 2.45) is 0 Å². The molecule has 0 aliphatic heterocycles. The van der Waals surface area contributed by atoms with Crippen molar-refractivity contribution < 1.29 is 9.53 Å². The van der Waals surface area contributed by atoms with Gasteiger partial charge in [-0.1, -0.05) is 18.2 Å². The van der Waals surface area contributed by atoms with Crippen LogP contribution in [0.2, 0.25) is 0 Å². The Bertz CT molecular complexity index is 663. The lowest BCUT2D eigenvalue weighted by atomic mass is 10.1. The van der Waals surface area contributed by atoms with Crippen molar-refractivity contribution in [2.45, 2.75) is 6.42 Å². The third-order valence-corrected chi connectivity index (χ3v) is 2.78. The van der Waals surface area contributed by atoms with Gasteiger partial charge in [-0.25, -0.2) is 0 Å². The van der Waals surface area contributed by atoms with Crippen LogP contribution in [0.5, 0.6) is 5.75 Å². The number of anilines is 2. The van der Waals surface area contributed by atoms with E-state index in [4.69, 9.17) is 15.7 Å². The highest BCUT2D eigenvalue weighted by Crippen LogP contribution is 2.18. The first kappa shape index (κ1) is 14.4. The molecule has 2 aromatic carbocycles. The van der Waals surface area contributed by atoms with Gasteiger partial charge in [-0.15, -0.1) is 0 Å². The molecule has 0 bridgehead atoms. The maximum Gasteiger partial charge on any atom is 0.227 e. The molecule has 21 heavy (non-hydrogen) atoms. The Morgan fingerprint density at radius 3 is 2.71 bits per heavy atom. The van der Waals surface area contributed by atoms with Crippen molar-refractivity contribution in [1.29, 1.82) is 5.26 Å². The van der Waals surface area contributed by atoms with Gasteiger partial charge in [-0.3, -0.25) is 4.79 Å². The number of amides is 1. The van der Waals surface area contributed by atoms with Gasteiger partial charge in [0.2, 0.25) is 5.91 Å². The Morgan fingerprint density at radius 1 is 1.24 bits per heavy atom. The van der Waals surface area contributed by atoms with Gasteiger partial charge in [-0.05, 0) is 30.3 Å². The Morgan fingerprint density at radius 2 is 2.00 bits per heavy atom. The molecule has 0 aromatic heterocycles. The number of nitrogens with zero attached hydrogens (tertiary/aromatic N) is 1. The smallest absolute Gasteiger partial charge is 0.227 e. The SMILES string of the molecule is N#Cc1cc(N)ccc1NC(=O)CCOc1ccccc1. The highest BCUT2D eigenvalue weighted by molar-refractivity contribution is 5.92. The predicted molar refractivity (Wildman–Crippen MR) is 80.8 cm³/mol. The van der Waals surface area contributed by atoms with Crippen LogP contribution < -0.4 is 15.8 Å². The van der Waals surface area contributed by atoms with E-state index in [9.17, 15) is 4.79 Å². The number of nitriles is 1. The van der Waals surface area contributed by atoms with E-state index >= 15 is 0 Å². The van der Waals surface area contributed by atoms with Crippen molar-refractivity contribution in [2.75, 3.05) is 17.7 Å². The molecule has 106 valence electrons. The number of para-hydroxylation sites is 1. The first-order chi connectivity index (χ1) is 10.2. The topological polar surface area (TPSA) is 88.1 Å². The molecule has 0 radical (unpaired) electrons. The third-order valence-electron chi connectivity index (χ3n) is 2.78. The molecule has 0 atom stereocenters. The van der Waals surface area contributed by atoms with Gasteiger partial charge in [0.05, 0.1) is 24.3 Å². The van der Waals surface area contributed by atoms with Crippen molar-refractivity contribution in [3.05, 3.63) is 54.1 Å². The molecule has 0 spiro atoms. The number of hydrogen-bond donors (Lipinski definition) is 2. The normalized spacial score (nSPS) is 9.67. The van der Waals surface area contributed by atoms with Crippen LogP contribution in [-0.4, -0.2) is 12.5 Å². The lowest BCUT2D eigenvalue weighted by Crippen LogP contribution is -2.16. The summed E-state index contributed by atoms with van der Waals surface area (Å²) in [6.45, 7) is 0.271. The fourth-order valence-corrected chi connectivity index (χ4v) is 1.75. The second kappa shape index (κ2) is 6.96. The highest BCUT2D eigenvalue weighted by atomic mass is 16.5. The summed E-state index contributed by atoms with van der Waals surface area (Å²) < 4.78 is 5.44. The summed E-state index contributed by atoms with van der Waals surface area (Å²) in [7, 11) is 0. The zero-order chi connectivity index (χ0) is 15.1. The summed E-state index contributed by atoms with van der Waals surface area (Å²) >= 11 is 0. The van der Waals surface area contributed by atoms with Crippen LogP contribution in [-0.2, 0) is 4.79 Å². The van der Waals surface area contributed by atoms with Crippen LogP contribution in [0.25, 0.3) is 0 Å². The molecule has 0 aliphatic carbocycles. The van der Waals surface area contributed by atoms with E-state index in [1.54, 1.807) is 12.1 Å². The molecule has 1 amide bonds. The van der Waals surface area contributed by atoms with Crippen LogP contribution in [0, 0.1) is 11.3 Å². The van der Waals surface area contributed by atoms with Crippen LogP contribution in [0.15, 0.2) is 48.5 Å². The molecule has 2 aromatic rings. The van der Waals surface area contributed by atoms with E-state index in [-0.39, 0.29) is 18.9 Å². The minimum absolute atomic E-state index is 0.199. The molecular formula is C16H15N3O2. The third kappa shape index (κ3) is 4.25. The fraction of sp³-hybridized carbons (Fsp3) is 0.125.